The van der Waals surface area contributed by atoms with Crippen LogP contribution in [0.3, 0.4) is 0 Å². The van der Waals surface area contributed by atoms with E-state index in [0.29, 0.717) is 24.7 Å². The molecule has 30 heavy (non-hydrogen) atoms. The van der Waals surface area contributed by atoms with E-state index >= 15 is 0 Å². The van der Waals surface area contributed by atoms with E-state index in [-0.39, 0.29) is 5.92 Å². The highest BCUT2D eigenvalue weighted by molar-refractivity contribution is 7.12. The second kappa shape index (κ2) is 8.83. The topological polar surface area (TPSA) is 0 Å². The molecule has 168 valence electrons. The lowest BCUT2D eigenvalue weighted by atomic mass is 9.68. The van der Waals surface area contributed by atoms with E-state index in [9.17, 15) is 8.78 Å². The highest BCUT2D eigenvalue weighted by atomic mass is 32.1. The number of alkyl halides is 2. The summed E-state index contributed by atoms with van der Waals surface area (Å²) in [6, 6.07) is 2.56. The van der Waals surface area contributed by atoms with Gasteiger partial charge in [0.15, 0.2) is 0 Å². The first-order chi connectivity index (χ1) is 14.5. The zero-order valence-corrected chi connectivity index (χ0v) is 19.7. The van der Waals surface area contributed by atoms with Crippen LogP contribution in [0.5, 0.6) is 0 Å². The van der Waals surface area contributed by atoms with Gasteiger partial charge in [0.25, 0.3) is 0 Å². The smallest absolute Gasteiger partial charge is 0.106 e. The fraction of sp³-hybridized carbons (Fsp3) is 0.852. The average Bonchev–Trinajstić information content (AvgIpc) is 3.32. The number of halogens is 2. The van der Waals surface area contributed by atoms with Crippen LogP contribution in [0.25, 0.3) is 0 Å². The molecule has 3 unspecified atom stereocenters. The zero-order chi connectivity index (χ0) is 20.8. The van der Waals surface area contributed by atoms with E-state index in [2.05, 4.69) is 24.3 Å². The van der Waals surface area contributed by atoms with Crippen LogP contribution in [0.4, 0.5) is 8.78 Å². The van der Waals surface area contributed by atoms with Crippen LogP contribution in [0.15, 0.2) is 6.07 Å². The molecular formula is C27H40F2S. The molecule has 0 spiro atoms. The first kappa shape index (κ1) is 21.4. The van der Waals surface area contributed by atoms with Crippen molar-refractivity contribution in [1.82, 2.24) is 0 Å². The van der Waals surface area contributed by atoms with Crippen molar-refractivity contribution >= 4 is 11.3 Å². The van der Waals surface area contributed by atoms with Crippen molar-refractivity contribution in [3.05, 3.63) is 21.4 Å². The summed E-state index contributed by atoms with van der Waals surface area (Å²) in [5.74, 6) is 3.97. The van der Waals surface area contributed by atoms with Gasteiger partial charge in [-0.2, -0.15) is 0 Å². The van der Waals surface area contributed by atoms with Gasteiger partial charge in [0, 0.05) is 15.7 Å². The Kier molecular flexibility index (Phi) is 6.30. The van der Waals surface area contributed by atoms with Crippen molar-refractivity contribution in [2.24, 2.45) is 35.5 Å². The molecule has 1 heterocycles. The van der Waals surface area contributed by atoms with Crippen LogP contribution in [0.2, 0.25) is 0 Å². The van der Waals surface area contributed by atoms with Gasteiger partial charge in [0.2, 0.25) is 0 Å². The van der Waals surface area contributed by atoms with E-state index in [0.717, 1.165) is 17.8 Å². The van der Waals surface area contributed by atoms with Crippen molar-refractivity contribution < 1.29 is 8.78 Å². The summed E-state index contributed by atoms with van der Waals surface area (Å²) >= 11 is 2.11. The van der Waals surface area contributed by atoms with E-state index in [1.54, 1.807) is 22.2 Å². The third-order valence-corrected chi connectivity index (χ3v) is 11.0. The van der Waals surface area contributed by atoms with Crippen LogP contribution in [-0.4, -0.2) is 12.3 Å². The van der Waals surface area contributed by atoms with Crippen LogP contribution in [0.1, 0.15) is 99.3 Å². The molecule has 3 heteroatoms. The maximum absolute atomic E-state index is 14.2. The number of rotatable bonds is 3. The summed E-state index contributed by atoms with van der Waals surface area (Å²) in [6.07, 6.45) is 12.6. The van der Waals surface area contributed by atoms with E-state index < -0.39 is 18.3 Å². The molecule has 0 saturated heterocycles. The fourth-order valence-electron chi connectivity index (χ4n) is 7.31. The van der Waals surface area contributed by atoms with Crippen molar-refractivity contribution in [3.63, 3.8) is 0 Å². The number of hydrogen-bond acceptors (Lipinski definition) is 1. The van der Waals surface area contributed by atoms with Crippen LogP contribution in [0, 0.1) is 35.5 Å². The lowest BCUT2D eigenvalue weighted by Crippen LogP contribution is -2.37. The molecule has 1 aromatic heterocycles. The predicted molar refractivity (Wildman–Crippen MR) is 123 cm³/mol. The summed E-state index contributed by atoms with van der Waals surface area (Å²) < 4.78 is 28.4. The monoisotopic (exact) mass is 434 g/mol. The highest BCUT2D eigenvalue weighted by Crippen LogP contribution is 2.49. The predicted octanol–water partition coefficient (Wildman–Crippen LogP) is 8.29. The van der Waals surface area contributed by atoms with Gasteiger partial charge < -0.3 is 0 Å². The molecule has 3 fully saturated rings. The molecule has 0 radical (unpaired) electrons. The van der Waals surface area contributed by atoms with Gasteiger partial charge in [-0.05, 0) is 111 Å². The molecule has 1 aromatic rings. The summed E-state index contributed by atoms with van der Waals surface area (Å²) in [4.78, 5) is 3.32. The Bertz CT molecular complexity index is 675. The Labute approximate surface area is 186 Å². The van der Waals surface area contributed by atoms with E-state index in [4.69, 9.17) is 0 Å². The van der Waals surface area contributed by atoms with Crippen molar-refractivity contribution in [3.8, 4) is 0 Å². The molecule has 3 saturated carbocycles. The highest BCUT2D eigenvalue weighted by Gasteiger charge is 2.40. The minimum Gasteiger partial charge on any atom is -0.247 e. The third-order valence-electron chi connectivity index (χ3n) is 9.61. The largest absolute Gasteiger partial charge is 0.247 e. The molecule has 0 bridgehead atoms. The lowest BCUT2D eigenvalue weighted by molar-refractivity contribution is 0.0256. The Hall–Kier alpha value is -0.440. The lowest BCUT2D eigenvalue weighted by Gasteiger charge is -2.39. The standard InChI is InChI=1S/C27H40F2S/c1-16-3-5-18(6-4-16)21-11-23-15-26(30-27(23)14-21)20-9-7-19(8-10-20)22-12-24(28)17(2)25(29)13-22/h15-22,24-25H,3-14H2,1-2H3. The summed E-state index contributed by atoms with van der Waals surface area (Å²) in [5.41, 5.74) is 1.67. The number of thiophene rings is 1. The Morgan fingerprint density at radius 1 is 0.733 bits per heavy atom. The minimum atomic E-state index is -0.933. The molecule has 0 N–H and O–H groups in total. The normalized spacial score (nSPS) is 44.7. The minimum absolute atomic E-state index is 0.277. The van der Waals surface area contributed by atoms with E-state index in [1.165, 1.54) is 64.2 Å². The van der Waals surface area contributed by atoms with Gasteiger partial charge in [-0.3, -0.25) is 0 Å². The summed E-state index contributed by atoms with van der Waals surface area (Å²) in [5, 5.41) is 0. The van der Waals surface area contributed by atoms with Gasteiger partial charge in [-0.1, -0.05) is 26.7 Å². The maximum Gasteiger partial charge on any atom is 0.106 e. The Balaban J connectivity index is 1.14. The molecular weight excluding hydrogens is 394 g/mol. The molecule has 4 aliphatic rings. The van der Waals surface area contributed by atoms with E-state index in [1.807, 2.05) is 0 Å². The maximum atomic E-state index is 14.2. The summed E-state index contributed by atoms with van der Waals surface area (Å²) in [6.45, 7) is 4.17. The SMILES string of the molecule is CC1CCC(C2Cc3cc(C4CCC(C5CC(F)C(C)C(F)C5)CC4)sc3C2)CC1. The molecule has 4 aliphatic carbocycles. The molecule has 0 aliphatic heterocycles. The zero-order valence-electron chi connectivity index (χ0n) is 18.9. The van der Waals surface area contributed by atoms with Crippen LogP contribution < -0.4 is 0 Å². The van der Waals surface area contributed by atoms with Crippen molar-refractivity contribution in [2.75, 3.05) is 0 Å². The van der Waals surface area contributed by atoms with Gasteiger partial charge in [0.05, 0.1) is 0 Å². The molecule has 0 nitrogen and oxygen atoms in total. The molecule has 0 amide bonds. The second-order valence-corrected chi connectivity index (χ2v) is 12.7. The quantitative estimate of drug-likeness (QED) is 0.449. The van der Waals surface area contributed by atoms with Crippen LogP contribution in [-0.2, 0) is 12.8 Å². The number of hydrogen-bond donors (Lipinski definition) is 0. The van der Waals surface area contributed by atoms with Crippen molar-refractivity contribution in [2.45, 2.75) is 109 Å². The van der Waals surface area contributed by atoms with Gasteiger partial charge in [-0.25, -0.2) is 8.78 Å². The Morgan fingerprint density at radius 3 is 1.97 bits per heavy atom. The first-order valence-corrected chi connectivity index (χ1v) is 13.7. The third kappa shape index (κ3) is 4.26. The average molecular weight is 435 g/mol. The van der Waals surface area contributed by atoms with Gasteiger partial charge >= 0.3 is 0 Å². The number of fused-ring (bicyclic) bond motifs is 1. The fourth-order valence-corrected chi connectivity index (χ4v) is 8.77. The van der Waals surface area contributed by atoms with Gasteiger partial charge in [-0.15, -0.1) is 11.3 Å². The Morgan fingerprint density at radius 2 is 1.33 bits per heavy atom. The second-order valence-electron chi connectivity index (χ2n) is 11.5. The first-order valence-electron chi connectivity index (χ1n) is 12.9. The molecule has 5 rings (SSSR count). The molecule has 3 atom stereocenters. The van der Waals surface area contributed by atoms with Crippen molar-refractivity contribution in [1.29, 1.82) is 0 Å². The molecule has 0 aromatic carbocycles. The summed E-state index contributed by atoms with van der Waals surface area (Å²) in [7, 11) is 0. The van der Waals surface area contributed by atoms with Crippen LogP contribution >= 0.6 is 11.3 Å². The van der Waals surface area contributed by atoms with Gasteiger partial charge in [0.1, 0.15) is 12.3 Å².